The van der Waals surface area contributed by atoms with Crippen LogP contribution >= 0.6 is 11.6 Å². The fraction of sp³-hybridized carbons (Fsp3) is 0.125. The van der Waals surface area contributed by atoms with Gasteiger partial charge >= 0.3 is 0 Å². The van der Waals surface area contributed by atoms with Gasteiger partial charge in [0.15, 0.2) is 5.82 Å². The minimum absolute atomic E-state index is 0.688. The number of imidazole rings is 1. The minimum atomic E-state index is 0.688. The number of aryl methyl sites for hydroxylation is 2. The summed E-state index contributed by atoms with van der Waals surface area (Å²) in [7, 11) is 0. The third kappa shape index (κ3) is 1.91. The number of halogens is 1. The SMILES string of the molecule is Cc1cc2nc(-c3n[nH]c4ccc(Cl)cc34)[nH]c2cc1C. The number of fused-ring (bicyclic) bond motifs is 2. The molecule has 104 valence electrons. The zero-order valence-electron chi connectivity index (χ0n) is 11.7. The van der Waals surface area contributed by atoms with E-state index in [1.165, 1.54) is 11.1 Å². The van der Waals surface area contributed by atoms with Crippen LogP contribution in [0.25, 0.3) is 33.5 Å². The molecule has 21 heavy (non-hydrogen) atoms. The van der Waals surface area contributed by atoms with Crippen molar-refractivity contribution in [2.75, 3.05) is 0 Å². The second kappa shape index (κ2) is 4.33. The predicted octanol–water partition coefficient (Wildman–Crippen LogP) is 4.38. The van der Waals surface area contributed by atoms with Crippen molar-refractivity contribution in [2.45, 2.75) is 13.8 Å². The number of rotatable bonds is 1. The van der Waals surface area contributed by atoms with Crippen molar-refractivity contribution < 1.29 is 0 Å². The number of hydrogen-bond donors (Lipinski definition) is 2. The third-order valence-electron chi connectivity index (χ3n) is 3.85. The predicted molar refractivity (Wildman–Crippen MR) is 85.7 cm³/mol. The van der Waals surface area contributed by atoms with Gasteiger partial charge in [0, 0.05) is 10.4 Å². The van der Waals surface area contributed by atoms with Crippen LogP contribution in [0.5, 0.6) is 0 Å². The number of nitrogens with zero attached hydrogens (tertiary/aromatic N) is 2. The van der Waals surface area contributed by atoms with Crippen LogP contribution in [0.1, 0.15) is 11.1 Å². The molecule has 0 aliphatic carbocycles. The van der Waals surface area contributed by atoms with E-state index < -0.39 is 0 Å². The molecule has 5 heteroatoms. The number of benzene rings is 2. The molecular formula is C16H13ClN4. The number of aromatic amines is 2. The summed E-state index contributed by atoms with van der Waals surface area (Å²) in [6.07, 6.45) is 0. The molecule has 0 fully saturated rings. The molecule has 4 nitrogen and oxygen atoms in total. The molecule has 0 spiro atoms. The summed E-state index contributed by atoms with van der Waals surface area (Å²) >= 11 is 6.08. The van der Waals surface area contributed by atoms with E-state index in [0.717, 1.165) is 33.5 Å². The Bertz CT molecular complexity index is 942. The molecule has 2 heterocycles. The smallest absolute Gasteiger partial charge is 0.159 e. The zero-order chi connectivity index (χ0) is 14.6. The molecule has 0 bridgehead atoms. The van der Waals surface area contributed by atoms with Crippen molar-refractivity contribution in [3.63, 3.8) is 0 Å². The van der Waals surface area contributed by atoms with Crippen LogP contribution < -0.4 is 0 Å². The molecule has 0 saturated carbocycles. The van der Waals surface area contributed by atoms with Crippen LogP contribution in [0.15, 0.2) is 30.3 Å². The van der Waals surface area contributed by atoms with Gasteiger partial charge < -0.3 is 4.98 Å². The molecule has 0 atom stereocenters. The summed E-state index contributed by atoms with van der Waals surface area (Å²) in [5.41, 5.74) is 6.18. The maximum absolute atomic E-state index is 6.08. The summed E-state index contributed by atoms with van der Waals surface area (Å²) in [4.78, 5) is 8.00. The standard InChI is InChI=1S/C16H13ClN4/c1-8-5-13-14(6-9(8)2)19-16(18-13)15-11-7-10(17)3-4-12(11)20-21-15/h3-7H,1-2H3,(H,18,19)(H,20,21). The molecular weight excluding hydrogens is 284 g/mol. The van der Waals surface area contributed by atoms with E-state index in [4.69, 9.17) is 11.6 Å². The van der Waals surface area contributed by atoms with E-state index in [9.17, 15) is 0 Å². The Balaban J connectivity index is 1.97. The maximum Gasteiger partial charge on any atom is 0.159 e. The van der Waals surface area contributed by atoms with E-state index in [1.807, 2.05) is 18.2 Å². The highest BCUT2D eigenvalue weighted by molar-refractivity contribution is 6.31. The first-order valence-corrected chi connectivity index (χ1v) is 7.10. The summed E-state index contributed by atoms with van der Waals surface area (Å²) in [6.45, 7) is 4.19. The van der Waals surface area contributed by atoms with Gasteiger partial charge in [-0.1, -0.05) is 11.6 Å². The molecule has 2 N–H and O–H groups in total. The summed E-state index contributed by atoms with van der Waals surface area (Å²) in [5.74, 6) is 0.753. The summed E-state index contributed by atoms with van der Waals surface area (Å²) < 4.78 is 0. The highest BCUT2D eigenvalue weighted by atomic mass is 35.5. The van der Waals surface area contributed by atoms with Crippen molar-refractivity contribution in [1.29, 1.82) is 0 Å². The molecule has 0 amide bonds. The van der Waals surface area contributed by atoms with Crippen LogP contribution in [0.2, 0.25) is 5.02 Å². The second-order valence-corrected chi connectivity index (χ2v) is 5.74. The zero-order valence-corrected chi connectivity index (χ0v) is 12.4. The van der Waals surface area contributed by atoms with Crippen LogP contribution in [-0.2, 0) is 0 Å². The first-order chi connectivity index (χ1) is 10.1. The molecule has 4 aromatic rings. The van der Waals surface area contributed by atoms with Gasteiger partial charge in [0.25, 0.3) is 0 Å². The van der Waals surface area contributed by atoms with E-state index in [-0.39, 0.29) is 0 Å². The Kier molecular flexibility index (Phi) is 2.56. The fourth-order valence-corrected chi connectivity index (χ4v) is 2.72. The lowest BCUT2D eigenvalue weighted by Crippen LogP contribution is -1.81. The van der Waals surface area contributed by atoms with E-state index in [1.54, 1.807) is 0 Å². The molecule has 4 rings (SSSR count). The van der Waals surface area contributed by atoms with Crippen LogP contribution in [0.3, 0.4) is 0 Å². The summed E-state index contributed by atoms with van der Waals surface area (Å²) in [5, 5.41) is 9.04. The molecule has 0 aliphatic rings. The molecule has 0 saturated heterocycles. The number of hydrogen-bond acceptors (Lipinski definition) is 2. The van der Waals surface area contributed by atoms with E-state index in [0.29, 0.717) is 5.02 Å². The van der Waals surface area contributed by atoms with Crippen LogP contribution in [-0.4, -0.2) is 20.2 Å². The highest BCUT2D eigenvalue weighted by Gasteiger charge is 2.13. The van der Waals surface area contributed by atoms with Gasteiger partial charge in [0.05, 0.1) is 16.6 Å². The quantitative estimate of drug-likeness (QED) is 0.548. The minimum Gasteiger partial charge on any atom is -0.337 e. The largest absolute Gasteiger partial charge is 0.337 e. The molecule has 2 aromatic carbocycles. The van der Waals surface area contributed by atoms with Gasteiger partial charge in [0.2, 0.25) is 0 Å². The lowest BCUT2D eigenvalue weighted by Gasteiger charge is -1.97. The van der Waals surface area contributed by atoms with E-state index in [2.05, 4.69) is 46.1 Å². The van der Waals surface area contributed by atoms with Crippen molar-refractivity contribution in [3.05, 3.63) is 46.5 Å². The normalized spacial score (nSPS) is 11.6. The Morgan fingerprint density at radius 2 is 1.81 bits per heavy atom. The lowest BCUT2D eigenvalue weighted by molar-refractivity contribution is 1.11. The van der Waals surface area contributed by atoms with Gasteiger partial charge in [-0.05, 0) is 55.3 Å². The average Bonchev–Trinajstić information content (AvgIpc) is 3.02. The van der Waals surface area contributed by atoms with Gasteiger partial charge in [-0.3, -0.25) is 5.10 Å². The number of H-pyrrole nitrogens is 2. The Labute approximate surface area is 126 Å². The Hall–Kier alpha value is -2.33. The lowest BCUT2D eigenvalue weighted by atomic mass is 10.1. The average molecular weight is 297 g/mol. The van der Waals surface area contributed by atoms with Crippen LogP contribution in [0.4, 0.5) is 0 Å². The molecule has 0 radical (unpaired) electrons. The molecule has 0 unspecified atom stereocenters. The fourth-order valence-electron chi connectivity index (χ4n) is 2.55. The van der Waals surface area contributed by atoms with Gasteiger partial charge in [-0.25, -0.2) is 4.98 Å². The van der Waals surface area contributed by atoms with Crippen molar-refractivity contribution in [1.82, 2.24) is 20.2 Å². The van der Waals surface area contributed by atoms with Gasteiger partial charge in [-0.2, -0.15) is 5.10 Å². The summed E-state index contributed by atoms with van der Waals surface area (Å²) in [6, 6.07) is 9.87. The van der Waals surface area contributed by atoms with Gasteiger partial charge in [-0.15, -0.1) is 0 Å². The first-order valence-electron chi connectivity index (χ1n) is 6.73. The number of nitrogens with one attached hydrogen (secondary N) is 2. The van der Waals surface area contributed by atoms with Crippen molar-refractivity contribution in [3.8, 4) is 11.5 Å². The van der Waals surface area contributed by atoms with Crippen molar-refractivity contribution >= 4 is 33.5 Å². The monoisotopic (exact) mass is 296 g/mol. The number of aromatic nitrogens is 4. The van der Waals surface area contributed by atoms with Crippen molar-refractivity contribution in [2.24, 2.45) is 0 Å². The topological polar surface area (TPSA) is 57.4 Å². The second-order valence-electron chi connectivity index (χ2n) is 5.30. The van der Waals surface area contributed by atoms with Crippen LogP contribution in [0, 0.1) is 13.8 Å². The van der Waals surface area contributed by atoms with Gasteiger partial charge in [0.1, 0.15) is 5.69 Å². The Morgan fingerprint density at radius 3 is 2.67 bits per heavy atom. The third-order valence-corrected chi connectivity index (χ3v) is 4.08. The maximum atomic E-state index is 6.08. The first kappa shape index (κ1) is 12.4. The van der Waals surface area contributed by atoms with E-state index >= 15 is 0 Å². The molecule has 0 aliphatic heterocycles. The highest BCUT2D eigenvalue weighted by Crippen LogP contribution is 2.28. The Morgan fingerprint density at radius 1 is 1.00 bits per heavy atom. The molecule has 2 aromatic heterocycles.